The van der Waals surface area contributed by atoms with Gasteiger partial charge in [0.2, 0.25) is 0 Å². The van der Waals surface area contributed by atoms with Crippen LogP contribution in [0.25, 0.3) is 4.96 Å². The molecule has 0 bridgehead atoms. The summed E-state index contributed by atoms with van der Waals surface area (Å²) in [5, 5.41) is 2.23. The van der Waals surface area contributed by atoms with E-state index < -0.39 is 0 Å². The van der Waals surface area contributed by atoms with Crippen LogP contribution in [0.3, 0.4) is 0 Å². The number of halogens is 1. The average molecular weight is 410 g/mol. The van der Waals surface area contributed by atoms with E-state index in [1.54, 1.807) is 12.3 Å². The van der Waals surface area contributed by atoms with Crippen molar-refractivity contribution in [2.75, 3.05) is 13.2 Å². The van der Waals surface area contributed by atoms with Gasteiger partial charge in [-0.3, -0.25) is 9.20 Å². The van der Waals surface area contributed by atoms with E-state index in [4.69, 9.17) is 15.2 Å². The molecule has 0 spiro atoms. The van der Waals surface area contributed by atoms with Crippen molar-refractivity contribution in [3.05, 3.63) is 51.9 Å². The zero-order chi connectivity index (χ0) is 17.2. The monoisotopic (exact) mass is 409 g/mol. The van der Waals surface area contributed by atoms with Crippen molar-refractivity contribution in [1.82, 2.24) is 9.38 Å². The van der Waals surface area contributed by atoms with Gasteiger partial charge in [0.15, 0.2) is 21.6 Å². The molecule has 3 aromatic rings. The summed E-state index contributed by atoms with van der Waals surface area (Å²) in [6.45, 7) is 1.08. The van der Waals surface area contributed by atoms with Crippen molar-refractivity contribution in [3.8, 4) is 11.5 Å². The number of aromatic nitrogens is 2. The molecule has 0 aliphatic carbocycles. The van der Waals surface area contributed by atoms with Gasteiger partial charge in [-0.25, -0.2) is 9.98 Å². The first-order valence-electron chi connectivity index (χ1n) is 7.51. The van der Waals surface area contributed by atoms with Gasteiger partial charge in [-0.15, -0.1) is 11.3 Å². The van der Waals surface area contributed by atoms with E-state index in [2.05, 4.69) is 9.98 Å². The number of benzene rings is 1. The maximum Gasteiger partial charge on any atom is 0.258 e. The smallest absolute Gasteiger partial charge is 0.258 e. The number of nitrogens with zero attached hydrogens (tertiary/aromatic N) is 3. The van der Waals surface area contributed by atoms with Crippen LogP contribution in [0, 0.1) is 0 Å². The van der Waals surface area contributed by atoms with Gasteiger partial charge >= 0.3 is 0 Å². The molecule has 0 fully saturated rings. The predicted octanol–water partition coefficient (Wildman–Crippen LogP) is -0.589. The minimum atomic E-state index is -0.0933. The van der Waals surface area contributed by atoms with Crippen LogP contribution < -0.4 is 33.2 Å². The molecule has 1 aliphatic heterocycles. The Morgan fingerprint density at radius 2 is 2.12 bits per heavy atom. The number of thioether (sulfide) groups is 1. The van der Waals surface area contributed by atoms with Gasteiger partial charge in [0.1, 0.15) is 13.2 Å². The summed E-state index contributed by atoms with van der Waals surface area (Å²) in [5.41, 5.74) is 7.27. The molecule has 10 heteroatoms. The van der Waals surface area contributed by atoms with Crippen LogP contribution in [0.4, 0.5) is 5.69 Å². The Kier molecular flexibility index (Phi) is 5.70. The van der Waals surface area contributed by atoms with Crippen LogP contribution >= 0.6 is 23.1 Å². The minimum absolute atomic E-state index is 0. The number of nitrogens with two attached hydrogens (primary N) is 1. The standard InChI is InChI=1S/C16H14N4O3S2.ClH/c17-15(18-10-1-2-12-13(7-10)23-5-4-22-12)25-9-11-8-14(21)20-3-6-24-16(20)19-11;/h1-3,6-8H,4-5,9H2,(H2,17,18);1H/p-1. The normalized spacial score (nSPS) is 13.5. The van der Waals surface area contributed by atoms with E-state index in [0.717, 1.165) is 0 Å². The van der Waals surface area contributed by atoms with Gasteiger partial charge in [-0.1, -0.05) is 11.8 Å². The molecule has 0 saturated heterocycles. The molecule has 4 rings (SSSR count). The lowest BCUT2D eigenvalue weighted by molar-refractivity contribution is -0.00000578. The lowest BCUT2D eigenvalue weighted by Crippen LogP contribution is -3.00. The summed E-state index contributed by atoms with van der Waals surface area (Å²) in [5.74, 6) is 1.86. The number of hydrogen-bond donors (Lipinski definition) is 1. The third kappa shape index (κ3) is 3.95. The van der Waals surface area contributed by atoms with E-state index in [0.29, 0.717) is 52.0 Å². The summed E-state index contributed by atoms with van der Waals surface area (Å²) < 4.78 is 12.5. The van der Waals surface area contributed by atoms with Crippen molar-refractivity contribution in [2.24, 2.45) is 10.7 Å². The fourth-order valence-electron chi connectivity index (χ4n) is 2.37. The molecule has 2 aromatic heterocycles. The average Bonchev–Trinajstić information content (AvgIpc) is 3.09. The third-order valence-electron chi connectivity index (χ3n) is 3.49. The SMILES string of the molecule is NC(=Nc1ccc2c(c1)OCCO2)SCc1cc(=O)n2ccsc2n1.[Cl-]. The van der Waals surface area contributed by atoms with Gasteiger partial charge in [0.25, 0.3) is 5.56 Å². The molecule has 1 aromatic carbocycles. The third-order valence-corrected chi connectivity index (χ3v) is 5.07. The molecular weight excluding hydrogens is 396 g/mol. The fourth-order valence-corrected chi connectivity index (χ4v) is 3.72. The second-order valence-electron chi connectivity index (χ2n) is 5.21. The van der Waals surface area contributed by atoms with E-state index in [1.165, 1.54) is 33.6 Å². The molecule has 136 valence electrons. The molecule has 2 N–H and O–H groups in total. The molecule has 26 heavy (non-hydrogen) atoms. The highest BCUT2D eigenvalue weighted by atomic mass is 35.5. The van der Waals surface area contributed by atoms with Crippen molar-refractivity contribution in [1.29, 1.82) is 0 Å². The number of ether oxygens (including phenoxy) is 2. The molecule has 0 amide bonds. The molecular formula is C16H14ClN4O3S2-. The van der Waals surface area contributed by atoms with Crippen LogP contribution in [0.5, 0.6) is 11.5 Å². The van der Waals surface area contributed by atoms with Crippen molar-refractivity contribution in [3.63, 3.8) is 0 Å². The van der Waals surface area contributed by atoms with Crippen LogP contribution in [-0.2, 0) is 5.75 Å². The largest absolute Gasteiger partial charge is 1.00 e. The Hall–Kier alpha value is -2.23. The van der Waals surface area contributed by atoms with Gasteiger partial charge in [0.05, 0.1) is 11.4 Å². The van der Waals surface area contributed by atoms with E-state index in [1.807, 2.05) is 17.5 Å². The fraction of sp³-hybridized carbons (Fsp3) is 0.188. The summed E-state index contributed by atoms with van der Waals surface area (Å²) in [6, 6.07) is 6.95. The lowest BCUT2D eigenvalue weighted by atomic mass is 10.2. The summed E-state index contributed by atoms with van der Waals surface area (Å²) in [6.07, 6.45) is 1.71. The first-order chi connectivity index (χ1) is 12.2. The van der Waals surface area contributed by atoms with Gasteiger partial charge in [0, 0.05) is 29.5 Å². The maximum atomic E-state index is 12.0. The maximum absolute atomic E-state index is 12.0. The minimum Gasteiger partial charge on any atom is -1.00 e. The number of hydrogen-bond acceptors (Lipinski definition) is 7. The number of amidine groups is 1. The molecule has 0 atom stereocenters. The van der Waals surface area contributed by atoms with Gasteiger partial charge < -0.3 is 27.6 Å². The summed E-state index contributed by atoms with van der Waals surface area (Å²) >= 11 is 2.75. The number of aliphatic imine (C=N–C) groups is 1. The zero-order valence-electron chi connectivity index (χ0n) is 13.4. The number of thiazole rings is 1. The summed E-state index contributed by atoms with van der Waals surface area (Å²) in [7, 11) is 0. The number of fused-ring (bicyclic) bond motifs is 2. The Morgan fingerprint density at radius 1 is 1.31 bits per heavy atom. The van der Waals surface area contributed by atoms with E-state index in [9.17, 15) is 4.79 Å². The van der Waals surface area contributed by atoms with Crippen LogP contribution in [0.15, 0.2) is 45.6 Å². The molecule has 0 saturated carbocycles. The second-order valence-corrected chi connectivity index (χ2v) is 7.08. The Bertz CT molecular complexity index is 1020. The quantitative estimate of drug-likeness (QED) is 0.459. The van der Waals surface area contributed by atoms with Crippen LogP contribution in [-0.4, -0.2) is 27.8 Å². The van der Waals surface area contributed by atoms with Gasteiger partial charge in [-0.2, -0.15) is 0 Å². The highest BCUT2D eigenvalue weighted by Gasteiger charge is 2.12. The predicted molar refractivity (Wildman–Crippen MR) is 99.3 cm³/mol. The Morgan fingerprint density at radius 3 is 2.96 bits per heavy atom. The van der Waals surface area contributed by atoms with Crippen LogP contribution in [0.2, 0.25) is 0 Å². The number of rotatable bonds is 3. The van der Waals surface area contributed by atoms with Crippen molar-refractivity contribution < 1.29 is 21.9 Å². The molecule has 7 nitrogen and oxygen atoms in total. The molecule has 0 radical (unpaired) electrons. The van der Waals surface area contributed by atoms with E-state index in [-0.39, 0.29) is 18.0 Å². The Labute approximate surface area is 163 Å². The highest BCUT2D eigenvalue weighted by molar-refractivity contribution is 8.13. The Balaban J connectivity index is 0.00000196. The first-order valence-corrected chi connectivity index (χ1v) is 9.38. The molecule has 1 aliphatic rings. The van der Waals surface area contributed by atoms with Crippen molar-refractivity contribution in [2.45, 2.75) is 5.75 Å². The first kappa shape index (κ1) is 18.6. The second kappa shape index (κ2) is 7.98. The molecule has 3 heterocycles. The van der Waals surface area contributed by atoms with Crippen LogP contribution in [0.1, 0.15) is 5.69 Å². The van der Waals surface area contributed by atoms with E-state index >= 15 is 0 Å². The summed E-state index contributed by atoms with van der Waals surface area (Å²) in [4.78, 5) is 21.5. The zero-order valence-corrected chi connectivity index (χ0v) is 15.8. The van der Waals surface area contributed by atoms with Gasteiger partial charge in [-0.05, 0) is 12.1 Å². The molecule has 0 unspecified atom stereocenters. The lowest BCUT2D eigenvalue weighted by Gasteiger charge is -2.18. The highest BCUT2D eigenvalue weighted by Crippen LogP contribution is 2.33. The van der Waals surface area contributed by atoms with Crippen molar-refractivity contribution >= 4 is 38.9 Å². The topological polar surface area (TPSA) is 91.2 Å².